The first-order valence-electron chi connectivity index (χ1n) is 8.79. The van der Waals surface area contributed by atoms with E-state index in [9.17, 15) is 9.18 Å². The molecule has 0 radical (unpaired) electrons. The summed E-state index contributed by atoms with van der Waals surface area (Å²) in [6, 6.07) is 19.3. The number of anilines is 1. The predicted octanol–water partition coefficient (Wildman–Crippen LogP) is 5.52. The molecular formula is C22H18FNO3. The molecule has 0 fully saturated rings. The summed E-state index contributed by atoms with van der Waals surface area (Å²) in [6.07, 6.45) is -0.388. The summed E-state index contributed by atoms with van der Waals surface area (Å²) in [5, 5.41) is 4.83. The second-order valence-electron chi connectivity index (χ2n) is 6.24. The van der Waals surface area contributed by atoms with Crippen LogP contribution in [-0.4, -0.2) is 12.0 Å². The van der Waals surface area contributed by atoms with Crippen molar-refractivity contribution in [2.45, 2.75) is 19.4 Å². The van der Waals surface area contributed by atoms with Gasteiger partial charge in [0.2, 0.25) is 0 Å². The van der Waals surface area contributed by atoms with Gasteiger partial charge in [0.1, 0.15) is 11.2 Å². The van der Waals surface area contributed by atoms with E-state index in [1.165, 1.54) is 12.1 Å². The molecule has 1 atom stereocenters. The Bertz CT molecular complexity index is 1120. The van der Waals surface area contributed by atoms with E-state index in [1.807, 2.05) is 43.3 Å². The van der Waals surface area contributed by atoms with Crippen LogP contribution in [0.1, 0.15) is 13.3 Å². The Kier molecular flexibility index (Phi) is 4.50. The lowest BCUT2D eigenvalue weighted by molar-refractivity contribution is -0.122. The number of fused-ring (bicyclic) bond motifs is 3. The summed E-state index contributed by atoms with van der Waals surface area (Å²) in [6.45, 7) is 1.81. The molecule has 0 spiro atoms. The topological polar surface area (TPSA) is 51.5 Å². The molecule has 1 amide bonds. The first-order valence-corrected chi connectivity index (χ1v) is 8.79. The summed E-state index contributed by atoms with van der Waals surface area (Å²) >= 11 is 0. The van der Waals surface area contributed by atoms with Crippen LogP contribution >= 0.6 is 0 Å². The maximum Gasteiger partial charge on any atom is 0.265 e. The highest BCUT2D eigenvalue weighted by molar-refractivity contribution is 6.06. The first kappa shape index (κ1) is 17.1. The van der Waals surface area contributed by atoms with Gasteiger partial charge in [-0.05, 0) is 36.8 Å². The van der Waals surface area contributed by atoms with Crippen molar-refractivity contribution in [3.8, 4) is 5.75 Å². The van der Waals surface area contributed by atoms with Crippen molar-refractivity contribution in [1.29, 1.82) is 0 Å². The van der Waals surface area contributed by atoms with E-state index in [4.69, 9.17) is 9.15 Å². The molecule has 4 rings (SSSR count). The highest BCUT2D eigenvalue weighted by Crippen LogP contribution is 2.30. The number of furan rings is 1. The molecule has 0 bridgehead atoms. The Hall–Kier alpha value is -3.34. The Labute approximate surface area is 155 Å². The third-order valence-corrected chi connectivity index (χ3v) is 4.42. The van der Waals surface area contributed by atoms with Gasteiger partial charge in [0.05, 0.1) is 0 Å². The normalized spacial score (nSPS) is 12.2. The van der Waals surface area contributed by atoms with Crippen molar-refractivity contribution in [1.82, 2.24) is 0 Å². The molecule has 27 heavy (non-hydrogen) atoms. The maximum atomic E-state index is 13.8. The average molecular weight is 363 g/mol. The summed E-state index contributed by atoms with van der Waals surface area (Å²) in [4.78, 5) is 12.6. The summed E-state index contributed by atoms with van der Waals surface area (Å²) in [5.41, 5.74) is 2.09. The molecule has 4 nitrogen and oxygen atoms in total. The van der Waals surface area contributed by atoms with E-state index >= 15 is 0 Å². The third kappa shape index (κ3) is 3.36. The number of halogens is 1. The molecule has 3 aromatic carbocycles. The van der Waals surface area contributed by atoms with Gasteiger partial charge in [-0.15, -0.1) is 0 Å². The van der Waals surface area contributed by atoms with Crippen molar-refractivity contribution in [3.63, 3.8) is 0 Å². The molecule has 0 aliphatic carbocycles. The molecule has 0 aliphatic heterocycles. The van der Waals surface area contributed by atoms with E-state index in [2.05, 4.69) is 5.32 Å². The number of carbonyl (C=O) groups excluding carboxylic acids is 1. The minimum atomic E-state index is -0.798. The van der Waals surface area contributed by atoms with Crippen LogP contribution in [0.2, 0.25) is 0 Å². The van der Waals surface area contributed by atoms with Crippen LogP contribution in [0.5, 0.6) is 5.75 Å². The molecule has 0 aliphatic rings. The quantitative estimate of drug-likeness (QED) is 0.508. The smallest absolute Gasteiger partial charge is 0.265 e. The molecule has 1 unspecified atom stereocenters. The zero-order valence-electron chi connectivity index (χ0n) is 14.7. The van der Waals surface area contributed by atoms with Gasteiger partial charge >= 0.3 is 0 Å². The van der Waals surface area contributed by atoms with Crippen molar-refractivity contribution in [2.24, 2.45) is 0 Å². The lowest BCUT2D eigenvalue weighted by atomic mass is 10.1. The van der Waals surface area contributed by atoms with Crippen molar-refractivity contribution >= 4 is 33.5 Å². The van der Waals surface area contributed by atoms with E-state index in [1.54, 1.807) is 18.2 Å². The number of hydrogen-bond acceptors (Lipinski definition) is 3. The minimum absolute atomic E-state index is 0.0623. The molecule has 1 N–H and O–H groups in total. The van der Waals surface area contributed by atoms with Crippen LogP contribution < -0.4 is 10.1 Å². The molecule has 0 saturated heterocycles. The van der Waals surface area contributed by atoms with Gasteiger partial charge in [0.25, 0.3) is 5.91 Å². The Balaban J connectivity index is 1.55. The van der Waals surface area contributed by atoms with Gasteiger partial charge in [-0.1, -0.05) is 37.3 Å². The molecule has 1 aromatic heterocycles. The SMILES string of the molecule is CCC(Oc1ccccc1F)C(=O)Nc1ccc2c(c1)oc1ccccc12. The molecule has 0 saturated carbocycles. The Morgan fingerprint density at radius 2 is 1.78 bits per heavy atom. The van der Waals surface area contributed by atoms with Gasteiger partial charge in [-0.25, -0.2) is 4.39 Å². The van der Waals surface area contributed by atoms with Crippen LogP contribution in [-0.2, 0) is 4.79 Å². The Morgan fingerprint density at radius 1 is 1.04 bits per heavy atom. The van der Waals surface area contributed by atoms with Gasteiger partial charge < -0.3 is 14.5 Å². The lowest BCUT2D eigenvalue weighted by Crippen LogP contribution is -2.32. The number of hydrogen-bond donors (Lipinski definition) is 1. The van der Waals surface area contributed by atoms with Gasteiger partial charge in [-0.2, -0.15) is 0 Å². The molecule has 136 valence electrons. The fourth-order valence-corrected chi connectivity index (χ4v) is 3.04. The van der Waals surface area contributed by atoms with E-state index in [0.717, 1.165) is 16.4 Å². The molecule has 5 heteroatoms. The van der Waals surface area contributed by atoms with Crippen LogP contribution in [0.15, 0.2) is 71.1 Å². The maximum absolute atomic E-state index is 13.8. The van der Waals surface area contributed by atoms with Crippen LogP contribution in [0, 0.1) is 5.82 Å². The van der Waals surface area contributed by atoms with Crippen LogP contribution in [0.3, 0.4) is 0 Å². The summed E-state index contributed by atoms with van der Waals surface area (Å²) in [5.74, 6) is -0.768. The van der Waals surface area contributed by atoms with Crippen molar-refractivity contribution in [2.75, 3.05) is 5.32 Å². The number of nitrogens with one attached hydrogen (secondary N) is 1. The Morgan fingerprint density at radius 3 is 2.59 bits per heavy atom. The fourth-order valence-electron chi connectivity index (χ4n) is 3.04. The first-order chi connectivity index (χ1) is 13.2. The monoisotopic (exact) mass is 363 g/mol. The molecular weight excluding hydrogens is 345 g/mol. The zero-order valence-corrected chi connectivity index (χ0v) is 14.7. The van der Waals surface area contributed by atoms with Crippen molar-refractivity contribution < 1.29 is 18.3 Å². The standard InChI is InChI=1S/C22H18FNO3/c1-2-18(26-20-10-6-4-8-17(20)23)22(25)24-14-11-12-16-15-7-3-5-9-19(15)27-21(16)13-14/h3-13,18H,2H2,1H3,(H,24,25). The second kappa shape index (κ2) is 7.11. The lowest BCUT2D eigenvalue weighted by Gasteiger charge is -2.17. The number of para-hydroxylation sites is 2. The minimum Gasteiger partial charge on any atom is -0.478 e. The zero-order chi connectivity index (χ0) is 18.8. The number of rotatable bonds is 5. The fraction of sp³-hybridized carbons (Fsp3) is 0.136. The number of amides is 1. The largest absolute Gasteiger partial charge is 0.478 e. The van der Waals surface area contributed by atoms with Crippen molar-refractivity contribution in [3.05, 3.63) is 72.5 Å². The average Bonchev–Trinajstić information content (AvgIpc) is 3.05. The van der Waals surface area contributed by atoms with E-state index in [-0.39, 0.29) is 11.7 Å². The highest BCUT2D eigenvalue weighted by Gasteiger charge is 2.20. The summed E-state index contributed by atoms with van der Waals surface area (Å²) < 4.78 is 25.2. The van der Waals surface area contributed by atoms with Crippen LogP contribution in [0.25, 0.3) is 21.9 Å². The highest BCUT2D eigenvalue weighted by atomic mass is 19.1. The van der Waals surface area contributed by atoms with Gasteiger partial charge in [0.15, 0.2) is 17.7 Å². The number of ether oxygens (including phenoxy) is 1. The van der Waals surface area contributed by atoms with E-state index in [0.29, 0.717) is 17.7 Å². The van der Waals surface area contributed by atoms with Gasteiger partial charge in [-0.3, -0.25) is 4.79 Å². The van der Waals surface area contributed by atoms with Crippen LogP contribution in [0.4, 0.5) is 10.1 Å². The number of benzene rings is 3. The van der Waals surface area contributed by atoms with E-state index < -0.39 is 11.9 Å². The molecule has 4 aromatic rings. The second-order valence-corrected chi connectivity index (χ2v) is 6.24. The summed E-state index contributed by atoms with van der Waals surface area (Å²) in [7, 11) is 0. The van der Waals surface area contributed by atoms with Gasteiger partial charge in [0, 0.05) is 22.5 Å². The molecule has 1 heterocycles. The third-order valence-electron chi connectivity index (χ3n) is 4.42. The number of carbonyl (C=O) groups is 1. The predicted molar refractivity (Wildman–Crippen MR) is 103 cm³/mol.